The molecule has 0 aliphatic carbocycles. The molecule has 0 radical (unpaired) electrons. The van der Waals surface area contributed by atoms with Crippen LogP contribution in [0.25, 0.3) is 10.2 Å². The normalized spacial score (nSPS) is 12.1. The van der Waals surface area contributed by atoms with Crippen LogP contribution in [-0.2, 0) is 15.9 Å². The zero-order valence-corrected chi connectivity index (χ0v) is 16.6. The Morgan fingerprint density at radius 1 is 1.33 bits per heavy atom. The number of nitrogens with zero attached hydrogens (tertiary/aromatic N) is 2. The van der Waals surface area contributed by atoms with E-state index >= 15 is 0 Å². The van der Waals surface area contributed by atoms with Gasteiger partial charge in [-0.25, -0.2) is 14.8 Å². The molecule has 132 valence electrons. The third-order valence-electron chi connectivity index (χ3n) is 3.25. The number of aromatic nitrogens is 2. The summed E-state index contributed by atoms with van der Waals surface area (Å²) >= 11 is 3.13. The molecule has 7 heteroatoms. The fourth-order valence-corrected chi connectivity index (χ4v) is 3.82. The second-order valence-electron chi connectivity index (χ2n) is 6.78. The Bertz CT molecular complexity index is 748. The molecule has 0 saturated carbocycles. The molecule has 0 bridgehead atoms. The number of ether oxygens (including phenoxy) is 1. The van der Waals surface area contributed by atoms with Gasteiger partial charge in [-0.05, 0) is 12.2 Å². The zero-order chi connectivity index (χ0) is 18.1. The van der Waals surface area contributed by atoms with Gasteiger partial charge < -0.3 is 9.84 Å². The molecule has 0 saturated heterocycles. The number of esters is 1. The highest BCUT2D eigenvalue weighted by Crippen LogP contribution is 2.39. The standard InChI is InChI=1S/C17H24N2O3S2/c1-7-22-15(21)12-13(20)14-11(10(18-12)8-23-9(2)3)19-16(24-14)17(4,5)6/h9,20H,7-8H2,1-6H3. The Hall–Kier alpha value is -1.34. The third kappa shape index (κ3) is 4.00. The van der Waals surface area contributed by atoms with Gasteiger partial charge in [0, 0.05) is 11.2 Å². The van der Waals surface area contributed by atoms with Crippen LogP contribution in [0.1, 0.15) is 62.7 Å². The van der Waals surface area contributed by atoms with Crippen LogP contribution in [0, 0.1) is 0 Å². The van der Waals surface area contributed by atoms with Gasteiger partial charge in [0.05, 0.1) is 17.3 Å². The predicted octanol–water partition coefficient (Wildman–Crippen LogP) is 4.51. The van der Waals surface area contributed by atoms with Crippen molar-refractivity contribution in [3.8, 4) is 5.75 Å². The first-order chi connectivity index (χ1) is 11.1. The van der Waals surface area contributed by atoms with Crippen molar-refractivity contribution >= 4 is 39.3 Å². The molecule has 0 aliphatic heterocycles. The monoisotopic (exact) mass is 368 g/mol. The van der Waals surface area contributed by atoms with Crippen LogP contribution in [-0.4, -0.2) is 32.9 Å². The van der Waals surface area contributed by atoms with E-state index in [0.29, 0.717) is 21.2 Å². The van der Waals surface area contributed by atoms with Crippen molar-refractivity contribution < 1.29 is 14.6 Å². The summed E-state index contributed by atoms with van der Waals surface area (Å²) in [6, 6.07) is 0. The Labute approximate surface area is 150 Å². The maximum absolute atomic E-state index is 12.1. The number of hydrogen-bond donors (Lipinski definition) is 1. The second kappa shape index (κ2) is 7.27. The Balaban J connectivity index is 2.64. The summed E-state index contributed by atoms with van der Waals surface area (Å²) in [5.41, 5.74) is 1.25. The molecular weight excluding hydrogens is 344 g/mol. The van der Waals surface area contributed by atoms with E-state index in [9.17, 15) is 9.90 Å². The highest BCUT2D eigenvalue weighted by Gasteiger charge is 2.26. The molecule has 1 N–H and O–H groups in total. The number of hydrogen-bond acceptors (Lipinski definition) is 7. The van der Waals surface area contributed by atoms with Crippen LogP contribution in [0.15, 0.2) is 0 Å². The minimum Gasteiger partial charge on any atom is -0.504 e. The average Bonchev–Trinajstić information content (AvgIpc) is 2.92. The molecule has 0 amide bonds. The fraction of sp³-hybridized carbons (Fsp3) is 0.588. The number of carbonyl (C=O) groups excluding carboxylic acids is 1. The maximum Gasteiger partial charge on any atom is 0.360 e. The minimum atomic E-state index is -0.599. The summed E-state index contributed by atoms with van der Waals surface area (Å²) in [6.45, 7) is 12.4. The van der Waals surface area contributed by atoms with Crippen molar-refractivity contribution in [2.45, 2.75) is 58.0 Å². The van der Waals surface area contributed by atoms with E-state index in [-0.39, 0.29) is 23.5 Å². The summed E-state index contributed by atoms with van der Waals surface area (Å²) in [5, 5.41) is 11.9. The smallest absolute Gasteiger partial charge is 0.360 e. The summed E-state index contributed by atoms with van der Waals surface area (Å²) < 4.78 is 5.64. The van der Waals surface area contributed by atoms with Gasteiger partial charge in [-0.15, -0.1) is 11.3 Å². The van der Waals surface area contributed by atoms with Gasteiger partial charge in [-0.2, -0.15) is 11.8 Å². The number of aromatic hydroxyl groups is 1. The molecule has 0 aliphatic rings. The van der Waals surface area contributed by atoms with Gasteiger partial charge in [0.15, 0.2) is 11.4 Å². The fourth-order valence-electron chi connectivity index (χ4n) is 2.03. The molecule has 0 aromatic carbocycles. The average molecular weight is 369 g/mol. The van der Waals surface area contributed by atoms with Crippen molar-refractivity contribution in [1.29, 1.82) is 0 Å². The summed E-state index contributed by atoms with van der Waals surface area (Å²) in [4.78, 5) is 21.2. The lowest BCUT2D eigenvalue weighted by atomic mass is 9.98. The van der Waals surface area contributed by atoms with Crippen LogP contribution in [0.5, 0.6) is 5.75 Å². The summed E-state index contributed by atoms with van der Waals surface area (Å²) in [5.74, 6) is -0.0955. The number of thioether (sulfide) groups is 1. The lowest BCUT2D eigenvalue weighted by molar-refractivity contribution is 0.0516. The van der Waals surface area contributed by atoms with Crippen LogP contribution in [0.2, 0.25) is 0 Å². The van der Waals surface area contributed by atoms with Crippen LogP contribution in [0.4, 0.5) is 0 Å². The highest BCUT2D eigenvalue weighted by atomic mass is 32.2. The number of rotatable bonds is 5. The Morgan fingerprint density at radius 3 is 2.54 bits per heavy atom. The van der Waals surface area contributed by atoms with Crippen molar-refractivity contribution in [3.63, 3.8) is 0 Å². The van der Waals surface area contributed by atoms with Gasteiger partial charge in [-0.1, -0.05) is 34.6 Å². The SMILES string of the molecule is CCOC(=O)c1nc(CSC(C)C)c2nc(C(C)(C)C)sc2c1O. The van der Waals surface area contributed by atoms with Gasteiger partial charge >= 0.3 is 5.97 Å². The van der Waals surface area contributed by atoms with E-state index in [2.05, 4.69) is 39.6 Å². The van der Waals surface area contributed by atoms with E-state index in [1.165, 1.54) is 11.3 Å². The predicted molar refractivity (Wildman–Crippen MR) is 100 cm³/mol. The molecule has 0 fully saturated rings. The van der Waals surface area contributed by atoms with Crippen molar-refractivity contribution in [2.24, 2.45) is 0 Å². The van der Waals surface area contributed by atoms with E-state index < -0.39 is 5.97 Å². The zero-order valence-electron chi connectivity index (χ0n) is 15.0. The highest BCUT2D eigenvalue weighted by molar-refractivity contribution is 7.99. The first-order valence-corrected chi connectivity index (χ1v) is 9.83. The van der Waals surface area contributed by atoms with Crippen molar-refractivity contribution in [2.75, 3.05) is 6.61 Å². The molecule has 2 aromatic rings. The molecule has 0 spiro atoms. The molecule has 0 unspecified atom stereocenters. The van der Waals surface area contributed by atoms with E-state index in [1.54, 1.807) is 18.7 Å². The lowest BCUT2D eigenvalue weighted by Crippen LogP contribution is -2.10. The van der Waals surface area contributed by atoms with Gasteiger partial charge in [-0.3, -0.25) is 0 Å². The molecule has 0 atom stereocenters. The number of carbonyl (C=O) groups is 1. The maximum atomic E-state index is 12.1. The van der Waals surface area contributed by atoms with Crippen LogP contribution >= 0.6 is 23.1 Å². The van der Waals surface area contributed by atoms with Gasteiger partial charge in [0.2, 0.25) is 0 Å². The van der Waals surface area contributed by atoms with Crippen molar-refractivity contribution in [3.05, 3.63) is 16.4 Å². The molecule has 2 heterocycles. The lowest BCUT2D eigenvalue weighted by Gasteiger charge is -2.13. The Kier molecular flexibility index (Phi) is 5.75. The number of pyridine rings is 1. The molecule has 2 aromatic heterocycles. The molecule has 5 nitrogen and oxygen atoms in total. The largest absolute Gasteiger partial charge is 0.504 e. The number of fused-ring (bicyclic) bond motifs is 1. The minimum absolute atomic E-state index is 0.0205. The number of thiazole rings is 1. The second-order valence-corrected chi connectivity index (χ2v) is 9.35. The summed E-state index contributed by atoms with van der Waals surface area (Å²) in [6.07, 6.45) is 0. The quantitative estimate of drug-likeness (QED) is 0.783. The Morgan fingerprint density at radius 2 is 2.00 bits per heavy atom. The third-order valence-corrected chi connectivity index (χ3v) is 5.85. The van der Waals surface area contributed by atoms with E-state index in [4.69, 9.17) is 9.72 Å². The molecular formula is C17H24N2O3S2. The van der Waals surface area contributed by atoms with Crippen LogP contribution in [0.3, 0.4) is 0 Å². The van der Waals surface area contributed by atoms with E-state index in [0.717, 1.165) is 10.7 Å². The first-order valence-electron chi connectivity index (χ1n) is 7.96. The van der Waals surface area contributed by atoms with Crippen LogP contribution < -0.4 is 0 Å². The van der Waals surface area contributed by atoms with E-state index in [1.807, 2.05) is 0 Å². The van der Waals surface area contributed by atoms with Crippen molar-refractivity contribution in [1.82, 2.24) is 9.97 Å². The first kappa shape index (κ1) is 19.0. The molecule has 24 heavy (non-hydrogen) atoms. The van der Waals surface area contributed by atoms with Gasteiger partial charge in [0.25, 0.3) is 0 Å². The summed E-state index contributed by atoms with van der Waals surface area (Å²) in [7, 11) is 0. The molecule has 2 rings (SSSR count). The van der Waals surface area contributed by atoms with Gasteiger partial charge in [0.1, 0.15) is 10.2 Å². The topological polar surface area (TPSA) is 72.3 Å².